The molecule has 0 saturated carbocycles. The zero-order valence-electron chi connectivity index (χ0n) is 9.24. The van der Waals surface area contributed by atoms with Crippen LogP contribution in [0.3, 0.4) is 0 Å². The number of hydrogen-bond donors (Lipinski definition) is 1. The largest absolute Gasteiger partial charge is 0.481 e. The summed E-state index contributed by atoms with van der Waals surface area (Å²) in [4.78, 5) is 10.9. The average molecular weight is 258 g/mol. The summed E-state index contributed by atoms with van der Waals surface area (Å²) in [6, 6.07) is 1.71. The lowest BCUT2D eigenvalue weighted by Gasteiger charge is -2.36. The molecule has 7 heteroatoms. The van der Waals surface area contributed by atoms with E-state index < -0.39 is 21.3 Å². The molecular weight excluding hydrogens is 244 g/mol. The van der Waals surface area contributed by atoms with E-state index in [1.807, 2.05) is 0 Å². The first-order chi connectivity index (χ1) is 7.94. The lowest BCUT2D eigenvalue weighted by atomic mass is 9.88. The Labute approximate surface area is 99.2 Å². The van der Waals surface area contributed by atoms with Gasteiger partial charge in [-0.25, -0.2) is 8.42 Å². The van der Waals surface area contributed by atoms with Crippen LogP contribution in [0.1, 0.15) is 19.3 Å². The summed E-state index contributed by atoms with van der Waals surface area (Å²) < 4.78 is 24.4. The molecule has 0 bridgehead atoms. The van der Waals surface area contributed by atoms with Crippen LogP contribution < -0.4 is 0 Å². The van der Waals surface area contributed by atoms with Crippen molar-refractivity contribution in [1.29, 1.82) is 0 Å². The monoisotopic (exact) mass is 258 g/mol. The zero-order valence-corrected chi connectivity index (χ0v) is 10.1. The molecule has 0 radical (unpaired) electrons. The third-order valence-corrected chi connectivity index (χ3v) is 4.88. The van der Waals surface area contributed by atoms with E-state index in [0.29, 0.717) is 12.8 Å². The van der Waals surface area contributed by atoms with Crippen molar-refractivity contribution in [2.45, 2.75) is 24.8 Å². The first kappa shape index (κ1) is 12.1. The van der Waals surface area contributed by atoms with Gasteiger partial charge in [0.1, 0.15) is 0 Å². The van der Waals surface area contributed by atoms with Gasteiger partial charge in [-0.2, -0.15) is 5.10 Å². The number of carbonyl (C=O) groups is 1. The quantitative estimate of drug-likeness (QED) is 0.840. The molecule has 1 aromatic rings. The van der Waals surface area contributed by atoms with E-state index in [1.54, 1.807) is 23.1 Å². The van der Waals surface area contributed by atoms with Crippen LogP contribution in [0.2, 0.25) is 0 Å². The Morgan fingerprint density at radius 1 is 1.41 bits per heavy atom. The fourth-order valence-corrected chi connectivity index (χ4v) is 3.82. The highest BCUT2D eigenvalue weighted by molar-refractivity contribution is 7.91. The molecule has 1 aliphatic heterocycles. The van der Waals surface area contributed by atoms with Gasteiger partial charge in [-0.05, 0) is 18.9 Å². The van der Waals surface area contributed by atoms with Gasteiger partial charge in [0, 0.05) is 12.4 Å². The smallest absolute Gasteiger partial charge is 0.305 e. The van der Waals surface area contributed by atoms with Gasteiger partial charge in [0.05, 0.1) is 23.5 Å². The zero-order chi connectivity index (χ0) is 12.5. The fraction of sp³-hybridized carbons (Fsp3) is 0.600. The number of sulfone groups is 1. The summed E-state index contributed by atoms with van der Waals surface area (Å²) in [7, 11) is -3.01. The highest BCUT2D eigenvalue weighted by Gasteiger charge is 2.41. The highest BCUT2D eigenvalue weighted by atomic mass is 32.2. The van der Waals surface area contributed by atoms with Gasteiger partial charge in [0.2, 0.25) is 0 Å². The Bertz CT molecular complexity index is 492. The topological polar surface area (TPSA) is 89.3 Å². The normalized spacial score (nSPS) is 22.1. The first-order valence-corrected chi connectivity index (χ1v) is 7.18. The van der Waals surface area contributed by atoms with Gasteiger partial charge >= 0.3 is 5.97 Å². The Morgan fingerprint density at radius 2 is 2.06 bits per heavy atom. The lowest BCUT2D eigenvalue weighted by Crippen LogP contribution is -2.43. The SMILES string of the molecule is O=C(O)CC1(n2cccn2)CCS(=O)(=O)CC1. The van der Waals surface area contributed by atoms with E-state index in [0.717, 1.165) is 0 Å². The molecule has 0 aliphatic carbocycles. The Balaban J connectivity index is 2.30. The molecule has 1 fully saturated rings. The molecule has 2 rings (SSSR count). The predicted molar refractivity (Wildman–Crippen MR) is 60.3 cm³/mol. The second-order valence-electron chi connectivity index (χ2n) is 4.40. The van der Waals surface area contributed by atoms with Crippen LogP contribution in [0.4, 0.5) is 0 Å². The number of aromatic nitrogens is 2. The van der Waals surface area contributed by atoms with Crippen LogP contribution in [0, 0.1) is 0 Å². The van der Waals surface area contributed by atoms with Crippen molar-refractivity contribution in [2.75, 3.05) is 11.5 Å². The van der Waals surface area contributed by atoms with E-state index in [4.69, 9.17) is 5.11 Å². The summed E-state index contributed by atoms with van der Waals surface area (Å²) in [5, 5.41) is 13.0. The molecule has 1 aliphatic rings. The van der Waals surface area contributed by atoms with Crippen LogP contribution in [0.25, 0.3) is 0 Å². The van der Waals surface area contributed by atoms with Gasteiger partial charge in [0.25, 0.3) is 0 Å². The van der Waals surface area contributed by atoms with Crippen LogP contribution in [0.5, 0.6) is 0 Å². The first-order valence-electron chi connectivity index (χ1n) is 5.36. The van der Waals surface area contributed by atoms with Crippen molar-refractivity contribution in [3.63, 3.8) is 0 Å². The summed E-state index contributed by atoms with van der Waals surface area (Å²) in [5.41, 5.74) is -0.694. The fourth-order valence-electron chi connectivity index (χ4n) is 2.24. The van der Waals surface area contributed by atoms with E-state index in [-0.39, 0.29) is 17.9 Å². The maximum atomic E-state index is 11.4. The molecule has 0 unspecified atom stereocenters. The lowest BCUT2D eigenvalue weighted by molar-refractivity contribution is -0.139. The van der Waals surface area contributed by atoms with Crippen molar-refractivity contribution in [3.05, 3.63) is 18.5 Å². The second-order valence-corrected chi connectivity index (χ2v) is 6.70. The molecule has 6 nitrogen and oxygen atoms in total. The number of carboxylic acids is 1. The average Bonchev–Trinajstić information content (AvgIpc) is 2.75. The van der Waals surface area contributed by atoms with Crippen molar-refractivity contribution in [2.24, 2.45) is 0 Å². The number of carboxylic acid groups (broad SMARTS) is 1. The Kier molecular flexibility index (Phi) is 2.94. The molecule has 0 spiro atoms. The van der Waals surface area contributed by atoms with E-state index in [2.05, 4.69) is 5.10 Å². The van der Waals surface area contributed by atoms with Crippen molar-refractivity contribution >= 4 is 15.8 Å². The molecule has 1 saturated heterocycles. The van der Waals surface area contributed by atoms with Gasteiger partial charge in [-0.15, -0.1) is 0 Å². The number of aliphatic carboxylic acids is 1. The van der Waals surface area contributed by atoms with Gasteiger partial charge in [-0.1, -0.05) is 0 Å². The van der Waals surface area contributed by atoms with E-state index in [1.165, 1.54) is 0 Å². The van der Waals surface area contributed by atoms with Crippen LogP contribution in [-0.2, 0) is 20.2 Å². The maximum absolute atomic E-state index is 11.4. The standard InChI is InChI=1S/C10H14N2O4S/c13-9(14)8-10(12-5-1-4-11-12)2-6-17(15,16)7-3-10/h1,4-5H,2-3,6-8H2,(H,13,14). The number of nitrogens with zero attached hydrogens (tertiary/aromatic N) is 2. The molecular formula is C10H14N2O4S. The van der Waals surface area contributed by atoms with Gasteiger partial charge < -0.3 is 5.11 Å². The molecule has 1 N–H and O–H groups in total. The van der Waals surface area contributed by atoms with E-state index >= 15 is 0 Å². The van der Waals surface area contributed by atoms with Crippen LogP contribution >= 0.6 is 0 Å². The molecule has 2 heterocycles. The van der Waals surface area contributed by atoms with E-state index in [9.17, 15) is 13.2 Å². The summed E-state index contributed by atoms with van der Waals surface area (Å²) >= 11 is 0. The summed E-state index contributed by atoms with van der Waals surface area (Å²) in [6.07, 6.45) is 3.80. The number of hydrogen-bond acceptors (Lipinski definition) is 4. The van der Waals surface area contributed by atoms with Gasteiger partial charge in [-0.3, -0.25) is 9.48 Å². The minimum Gasteiger partial charge on any atom is -0.481 e. The molecule has 0 atom stereocenters. The molecule has 0 aromatic carbocycles. The number of rotatable bonds is 3. The van der Waals surface area contributed by atoms with Crippen LogP contribution in [-0.4, -0.2) is 40.8 Å². The highest BCUT2D eigenvalue weighted by Crippen LogP contribution is 2.33. The Hall–Kier alpha value is -1.37. The molecule has 94 valence electrons. The minimum absolute atomic E-state index is 0.0279. The third kappa shape index (κ3) is 2.49. The summed E-state index contributed by atoms with van der Waals surface area (Å²) in [5.74, 6) is -0.875. The van der Waals surface area contributed by atoms with Gasteiger partial charge in [0.15, 0.2) is 9.84 Å². The maximum Gasteiger partial charge on any atom is 0.305 e. The molecule has 1 aromatic heterocycles. The minimum atomic E-state index is -3.01. The predicted octanol–water partition coefficient (Wildman–Crippen LogP) is 0.262. The van der Waals surface area contributed by atoms with Crippen molar-refractivity contribution < 1.29 is 18.3 Å². The van der Waals surface area contributed by atoms with Crippen molar-refractivity contribution in [1.82, 2.24) is 9.78 Å². The Morgan fingerprint density at radius 3 is 2.53 bits per heavy atom. The second kappa shape index (κ2) is 4.14. The molecule has 0 amide bonds. The van der Waals surface area contributed by atoms with Crippen molar-refractivity contribution in [3.8, 4) is 0 Å². The molecule has 17 heavy (non-hydrogen) atoms. The third-order valence-electron chi connectivity index (χ3n) is 3.23. The summed E-state index contributed by atoms with van der Waals surface area (Å²) in [6.45, 7) is 0. The van der Waals surface area contributed by atoms with Crippen LogP contribution in [0.15, 0.2) is 18.5 Å².